The standard InChI is InChI=1S/C16H22N2O/c1-11-9-13(17-2)5-6-14(11)15(19)18-10-16(7-8-16)12-3-4-12/h5-6,9,12,17H,3-4,7-8,10H2,1-2H3,(H,18,19). The van der Waals surface area contributed by atoms with Gasteiger partial charge in [0, 0.05) is 24.8 Å². The van der Waals surface area contributed by atoms with Crippen molar-refractivity contribution in [3.8, 4) is 0 Å². The number of benzene rings is 1. The minimum atomic E-state index is 0.0760. The summed E-state index contributed by atoms with van der Waals surface area (Å²) in [4.78, 5) is 12.3. The van der Waals surface area contributed by atoms with Crippen molar-refractivity contribution in [2.45, 2.75) is 32.6 Å². The Kier molecular flexibility index (Phi) is 3.00. The second-order valence-corrected chi connectivity index (χ2v) is 6.10. The molecule has 3 heteroatoms. The molecular formula is C16H22N2O. The smallest absolute Gasteiger partial charge is 0.251 e. The predicted molar refractivity (Wildman–Crippen MR) is 77.4 cm³/mol. The van der Waals surface area contributed by atoms with Crippen LogP contribution in [0.25, 0.3) is 0 Å². The summed E-state index contributed by atoms with van der Waals surface area (Å²) in [7, 11) is 1.89. The Balaban J connectivity index is 1.63. The lowest BCUT2D eigenvalue weighted by atomic mass is 10.0. The average molecular weight is 258 g/mol. The minimum absolute atomic E-state index is 0.0760. The fourth-order valence-corrected chi connectivity index (χ4v) is 3.01. The van der Waals surface area contributed by atoms with Gasteiger partial charge in [0.05, 0.1) is 0 Å². The molecule has 3 nitrogen and oxygen atoms in total. The molecule has 0 radical (unpaired) electrons. The second kappa shape index (κ2) is 4.55. The largest absolute Gasteiger partial charge is 0.388 e. The zero-order chi connectivity index (χ0) is 13.5. The van der Waals surface area contributed by atoms with E-state index in [1.807, 2.05) is 32.2 Å². The van der Waals surface area contributed by atoms with E-state index in [-0.39, 0.29) is 5.91 Å². The quantitative estimate of drug-likeness (QED) is 0.852. The van der Waals surface area contributed by atoms with Crippen molar-refractivity contribution in [3.63, 3.8) is 0 Å². The number of rotatable bonds is 5. The van der Waals surface area contributed by atoms with E-state index in [0.29, 0.717) is 5.41 Å². The van der Waals surface area contributed by atoms with Crippen LogP contribution in [0.2, 0.25) is 0 Å². The summed E-state index contributed by atoms with van der Waals surface area (Å²) in [6.45, 7) is 2.85. The fourth-order valence-electron chi connectivity index (χ4n) is 3.01. The average Bonchev–Trinajstić information content (AvgIpc) is 3.28. The molecular weight excluding hydrogens is 236 g/mol. The number of aryl methyl sites for hydroxylation is 1. The van der Waals surface area contributed by atoms with Gasteiger partial charge in [-0.1, -0.05) is 0 Å². The van der Waals surface area contributed by atoms with Gasteiger partial charge in [0.25, 0.3) is 5.91 Å². The molecule has 1 amide bonds. The minimum Gasteiger partial charge on any atom is -0.388 e. The molecule has 3 rings (SSSR count). The van der Waals surface area contributed by atoms with Gasteiger partial charge in [-0.25, -0.2) is 0 Å². The van der Waals surface area contributed by atoms with Crippen molar-refractivity contribution in [1.29, 1.82) is 0 Å². The maximum atomic E-state index is 12.3. The van der Waals surface area contributed by atoms with Crippen LogP contribution in [0.5, 0.6) is 0 Å². The summed E-state index contributed by atoms with van der Waals surface area (Å²) in [5.74, 6) is 0.965. The van der Waals surface area contributed by atoms with Crippen LogP contribution in [0.1, 0.15) is 41.6 Å². The first-order valence-corrected chi connectivity index (χ1v) is 7.21. The van der Waals surface area contributed by atoms with E-state index in [1.54, 1.807) is 0 Å². The lowest BCUT2D eigenvalue weighted by Crippen LogP contribution is -2.31. The van der Waals surface area contributed by atoms with Gasteiger partial charge in [0.2, 0.25) is 0 Å². The maximum Gasteiger partial charge on any atom is 0.251 e. The topological polar surface area (TPSA) is 41.1 Å². The van der Waals surface area contributed by atoms with E-state index in [1.165, 1.54) is 25.7 Å². The first kappa shape index (κ1) is 12.5. The maximum absolute atomic E-state index is 12.3. The van der Waals surface area contributed by atoms with Crippen LogP contribution < -0.4 is 10.6 Å². The number of carbonyl (C=O) groups is 1. The lowest BCUT2D eigenvalue weighted by molar-refractivity contribution is 0.0942. The summed E-state index contributed by atoms with van der Waals surface area (Å²) < 4.78 is 0. The van der Waals surface area contributed by atoms with Crippen LogP contribution in [0.4, 0.5) is 5.69 Å². The number of amides is 1. The molecule has 0 unspecified atom stereocenters. The molecule has 2 aliphatic rings. The molecule has 19 heavy (non-hydrogen) atoms. The monoisotopic (exact) mass is 258 g/mol. The van der Waals surface area contributed by atoms with E-state index in [2.05, 4.69) is 10.6 Å². The highest BCUT2D eigenvalue weighted by Crippen LogP contribution is 2.60. The number of hydrogen-bond donors (Lipinski definition) is 2. The van der Waals surface area contributed by atoms with E-state index >= 15 is 0 Å². The summed E-state index contributed by atoms with van der Waals surface area (Å²) in [6, 6.07) is 5.88. The molecule has 2 saturated carbocycles. The summed E-state index contributed by atoms with van der Waals surface area (Å²) >= 11 is 0. The molecule has 2 aliphatic carbocycles. The number of nitrogens with one attached hydrogen (secondary N) is 2. The van der Waals surface area contributed by atoms with Crippen LogP contribution >= 0.6 is 0 Å². The zero-order valence-corrected chi connectivity index (χ0v) is 11.8. The third kappa shape index (κ3) is 2.46. The normalized spacial score (nSPS) is 19.9. The molecule has 0 saturated heterocycles. The Morgan fingerprint density at radius 1 is 1.37 bits per heavy atom. The Labute approximate surface area is 114 Å². The van der Waals surface area contributed by atoms with Crippen molar-refractivity contribution < 1.29 is 4.79 Å². The van der Waals surface area contributed by atoms with Gasteiger partial charge in [-0.05, 0) is 67.7 Å². The third-order valence-electron chi connectivity index (χ3n) is 4.70. The summed E-state index contributed by atoms with van der Waals surface area (Å²) in [6.07, 6.45) is 5.34. The van der Waals surface area contributed by atoms with Gasteiger partial charge in [-0.3, -0.25) is 4.79 Å². The summed E-state index contributed by atoms with van der Waals surface area (Å²) in [5, 5.41) is 6.23. The highest BCUT2D eigenvalue weighted by molar-refractivity contribution is 5.96. The van der Waals surface area contributed by atoms with Crippen molar-refractivity contribution in [1.82, 2.24) is 5.32 Å². The highest BCUT2D eigenvalue weighted by atomic mass is 16.1. The van der Waals surface area contributed by atoms with Crippen LogP contribution in [0.3, 0.4) is 0 Å². The molecule has 1 aromatic rings. The molecule has 2 fully saturated rings. The number of carbonyl (C=O) groups excluding carboxylic acids is 1. The molecule has 102 valence electrons. The van der Waals surface area contributed by atoms with E-state index in [9.17, 15) is 4.79 Å². The molecule has 0 aliphatic heterocycles. The molecule has 2 N–H and O–H groups in total. The van der Waals surface area contributed by atoms with Gasteiger partial charge in [0.1, 0.15) is 0 Å². The first-order chi connectivity index (χ1) is 9.14. The van der Waals surface area contributed by atoms with Crippen LogP contribution in [0, 0.1) is 18.3 Å². The van der Waals surface area contributed by atoms with Crippen molar-refractivity contribution >= 4 is 11.6 Å². The molecule has 0 atom stereocenters. The Hall–Kier alpha value is -1.51. The van der Waals surface area contributed by atoms with Gasteiger partial charge >= 0.3 is 0 Å². The van der Waals surface area contributed by atoms with Crippen LogP contribution in [0.15, 0.2) is 18.2 Å². The van der Waals surface area contributed by atoms with Gasteiger partial charge in [-0.15, -0.1) is 0 Å². The van der Waals surface area contributed by atoms with E-state index in [0.717, 1.165) is 29.3 Å². The van der Waals surface area contributed by atoms with E-state index < -0.39 is 0 Å². The number of anilines is 1. The fraction of sp³-hybridized carbons (Fsp3) is 0.562. The van der Waals surface area contributed by atoms with Crippen molar-refractivity contribution in [3.05, 3.63) is 29.3 Å². The van der Waals surface area contributed by atoms with Gasteiger partial charge < -0.3 is 10.6 Å². The number of hydrogen-bond acceptors (Lipinski definition) is 2. The molecule has 1 aromatic carbocycles. The van der Waals surface area contributed by atoms with Crippen molar-refractivity contribution in [2.24, 2.45) is 11.3 Å². The van der Waals surface area contributed by atoms with Gasteiger partial charge in [-0.2, -0.15) is 0 Å². The first-order valence-electron chi connectivity index (χ1n) is 7.21. The Bertz CT molecular complexity index is 501. The third-order valence-corrected chi connectivity index (χ3v) is 4.70. The van der Waals surface area contributed by atoms with Crippen molar-refractivity contribution in [2.75, 3.05) is 18.9 Å². The highest BCUT2D eigenvalue weighted by Gasteiger charge is 2.53. The summed E-state index contributed by atoms with van der Waals surface area (Å²) in [5.41, 5.74) is 3.34. The van der Waals surface area contributed by atoms with E-state index in [4.69, 9.17) is 0 Å². The molecule has 0 heterocycles. The predicted octanol–water partition coefficient (Wildman–Crippen LogP) is 2.96. The Morgan fingerprint density at radius 3 is 2.63 bits per heavy atom. The van der Waals surface area contributed by atoms with Crippen LogP contribution in [-0.2, 0) is 0 Å². The Morgan fingerprint density at radius 2 is 2.11 bits per heavy atom. The molecule has 0 bridgehead atoms. The zero-order valence-electron chi connectivity index (χ0n) is 11.8. The van der Waals surface area contributed by atoms with Crippen LogP contribution in [-0.4, -0.2) is 19.5 Å². The lowest BCUT2D eigenvalue weighted by Gasteiger charge is -2.16. The van der Waals surface area contributed by atoms with Gasteiger partial charge in [0.15, 0.2) is 0 Å². The molecule has 0 spiro atoms. The second-order valence-electron chi connectivity index (χ2n) is 6.10. The SMILES string of the molecule is CNc1ccc(C(=O)NCC2(C3CC3)CC2)c(C)c1. The molecule has 0 aromatic heterocycles.